The summed E-state index contributed by atoms with van der Waals surface area (Å²) in [5, 5.41) is 15.3. The number of carbonyl (C=O) groups excluding carboxylic acids is 2. The molecule has 0 saturated carbocycles. The Balaban J connectivity index is 1.58. The Morgan fingerprint density at radius 3 is 2.18 bits per heavy atom. The Morgan fingerprint density at radius 1 is 0.911 bits per heavy atom. The van der Waals surface area contributed by atoms with Crippen LogP contribution in [-0.2, 0) is 23.9 Å². The quantitative estimate of drug-likeness (QED) is 0.0789. The molecule has 1 aliphatic heterocycles. The van der Waals surface area contributed by atoms with Gasteiger partial charge in [0.05, 0.1) is 13.0 Å². The van der Waals surface area contributed by atoms with Gasteiger partial charge in [0, 0.05) is 30.0 Å². The summed E-state index contributed by atoms with van der Waals surface area (Å²) >= 11 is 0. The van der Waals surface area contributed by atoms with E-state index in [9.17, 15) is 19.5 Å². The molecule has 2 amide bonds. The molecule has 0 spiro atoms. The highest BCUT2D eigenvalue weighted by Gasteiger charge is 2.43. The average molecular weight is 629 g/mol. The van der Waals surface area contributed by atoms with Crippen LogP contribution in [0.1, 0.15) is 142 Å². The summed E-state index contributed by atoms with van der Waals surface area (Å²) in [6.07, 6.45) is 20.4. The van der Waals surface area contributed by atoms with Gasteiger partial charge in [-0.2, -0.15) is 0 Å². The van der Waals surface area contributed by atoms with Crippen molar-refractivity contribution in [1.29, 1.82) is 0 Å². The molecular formula is C37H60N2O6. The first-order valence-corrected chi connectivity index (χ1v) is 17.5. The predicted octanol–water partition coefficient (Wildman–Crippen LogP) is 8.02. The molecule has 0 aromatic heterocycles. The number of ether oxygens (including phenoxy) is 2. The molecule has 45 heavy (non-hydrogen) atoms. The molecule has 3 atom stereocenters. The maximum absolute atomic E-state index is 13.3. The van der Waals surface area contributed by atoms with E-state index in [1.807, 2.05) is 44.2 Å². The van der Waals surface area contributed by atoms with Gasteiger partial charge in [0.15, 0.2) is 6.29 Å². The number of hydrogen-bond donors (Lipinski definition) is 3. The van der Waals surface area contributed by atoms with E-state index in [1.54, 1.807) is 0 Å². The number of carbonyl (C=O) groups is 3. The van der Waals surface area contributed by atoms with Crippen molar-refractivity contribution in [2.45, 2.75) is 148 Å². The van der Waals surface area contributed by atoms with Crippen LogP contribution in [0, 0.1) is 5.41 Å². The van der Waals surface area contributed by atoms with E-state index in [4.69, 9.17) is 9.47 Å². The van der Waals surface area contributed by atoms with Crippen molar-refractivity contribution in [2.24, 2.45) is 5.41 Å². The number of aliphatic carboxylic acids is 1. The second-order valence-corrected chi connectivity index (χ2v) is 13.2. The number of carboxylic acid groups (broad SMARTS) is 1. The second-order valence-electron chi connectivity index (χ2n) is 13.2. The van der Waals surface area contributed by atoms with Crippen molar-refractivity contribution >= 4 is 17.8 Å². The fraction of sp³-hybridized carbons (Fsp3) is 0.703. The molecule has 1 aliphatic rings. The van der Waals surface area contributed by atoms with E-state index in [0.29, 0.717) is 32.4 Å². The zero-order valence-electron chi connectivity index (χ0n) is 28.2. The van der Waals surface area contributed by atoms with Gasteiger partial charge in [0.2, 0.25) is 11.8 Å². The SMILES string of the molecule is CCCCCCCC/C=C\CCCCCCCC(=O)NCCCC(CC(=O)O)NC(=O)C1OC(c2ccccc2)OCC1(C)C. The van der Waals surface area contributed by atoms with Gasteiger partial charge in [-0.25, -0.2) is 0 Å². The fourth-order valence-corrected chi connectivity index (χ4v) is 5.65. The molecule has 1 heterocycles. The molecule has 0 bridgehead atoms. The van der Waals surface area contributed by atoms with Crippen LogP contribution >= 0.6 is 0 Å². The topological polar surface area (TPSA) is 114 Å². The van der Waals surface area contributed by atoms with Crippen molar-refractivity contribution in [3.8, 4) is 0 Å². The number of nitrogens with one attached hydrogen (secondary N) is 2. The number of allylic oxidation sites excluding steroid dienone is 2. The highest BCUT2D eigenvalue weighted by Crippen LogP contribution is 2.36. The van der Waals surface area contributed by atoms with Gasteiger partial charge in [-0.15, -0.1) is 0 Å². The zero-order valence-corrected chi connectivity index (χ0v) is 28.2. The smallest absolute Gasteiger partial charge is 0.305 e. The van der Waals surface area contributed by atoms with Crippen LogP contribution in [-0.4, -0.2) is 48.2 Å². The lowest BCUT2D eigenvalue weighted by atomic mass is 9.85. The first-order chi connectivity index (χ1) is 21.7. The maximum Gasteiger partial charge on any atom is 0.305 e. The van der Waals surface area contributed by atoms with Gasteiger partial charge in [0.1, 0.15) is 6.10 Å². The summed E-state index contributed by atoms with van der Waals surface area (Å²) < 4.78 is 12.0. The second kappa shape index (κ2) is 22.7. The van der Waals surface area contributed by atoms with Gasteiger partial charge >= 0.3 is 5.97 Å². The van der Waals surface area contributed by atoms with Gasteiger partial charge in [-0.3, -0.25) is 14.4 Å². The normalized spacial score (nSPS) is 18.5. The molecule has 8 nitrogen and oxygen atoms in total. The van der Waals surface area contributed by atoms with E-state index in [1.165, 1.54) is 57.8 Å². The summed E-state index contributed by atoms with van der Waals surface area (Å²) in [4.78, 5) is 37.1. The lowest BCUT2D eigenvalue weighted by molar-refractivity contribution is -0.258. The number of unbranched alkanes of at least 4 members (excludes halogenated alkanes) is 11. The van der Waals surface area contributed by atoms with Crippen molar-refractivity contribution in [2.75, 3.05) is 13.2 Å². The minimum absolute atomic E-state index is 0.0238. The average Bonchev–Trinajstić information content (AvgIpc) is 3.01. The van der Waals surface area contributed by atoms with E-state index >= 15 is 0 Å². The first kappa shape index (κ1) is 38.5. The molecule has 0 aliphatic carbocycles. The van der Waals surface area contributed by atoms with E-state index in [-0.39, 0.29) is 18.2 Å². The standard InChI is InChI=1S/C37H60N2O6/c1-4-5-6-7-8-9-10-11-12-13-14-15-16-17-21-26-32(40)38-27-22-25-31(28-33(41)42)39-35(43)34-37(2,3)29-44-36(45-34)30-23-19-18-20-24-30/h11-12,18-20,23-24,31,34,36H,4-10,13-17,21-22,25-29H2,1-3H3,(H,38,40)(H,39,43)(H,41,42)/b12-11-. The molecule has 1 aromatic rings. The first-order valence-electron chi connectivity index (χ1n) is 17.5. The Bertz CT molecular complexity index is 996. The van der Waals surface area contributed by atoms with Crippen LogP contribution in [0.15, 0.2) is 42.5 Å². The fourth-order valence-electron chi connectivity index (χ4n) is 5.65. The lowest BCUT2D eigenvalue weighted by Crippen LogP contribution is -2.53. The van der Waals surface area contributed by atoms with E-state index in [0.717, 1.165) is 31.2 Å². The van der Waals surface area contributed by atoms with Gasteiger partial charge in [-0.1, -0.05) is 115 Å². The number of hydrogen-bond acceptors (Lipinski definition) is 5. The largest absolute Gasteiger partial charge is 0.481 e. The zero-order chi connectivity index (χ0) is 32.8. The number of rotatable bonds is 24. The van der Waals surface area contributed by atoms with Crippen LogP contribution in [0.5, 0.6) is 0 Å². The Kier molecular flexibility index (Phi) is 19.4. The number of carboxylic acids is 1. The highest BCUT2D eigenvalue weighted by molar-refractivity contribution is 5.82. The third-order valence-corrected chi connectivity index (χ3v) is 8.37. The molecule has 254 valence electrons. The molecule has 1 fully saturated rings. The van der Waals surface area contributed by atoms with Crippen LogP contribution in [0.25, 0.3) is 0 Å². The third-order valence-electron chi connectivity index (χ3n) is 8.37. The summed E-state index contributed by atoms with van der Waals surface area (Å²) in [5.41, 5.74) is 0.242. The Labute approximate surface area is 272 Å². The van der Waals surface area contributed by atoms with Crippen molar-refractivity contribution in [3.63, 3.8) is 0 Å². The number of amides is 2. The van der Waals surface area contributed by atoms with Crippen LogP contribution in [0.2, 0.25) is 0 Å². The van der Waals surface area contributed by atoms with Crippen LogP contribution in [0.4, 0.5) is 0 Å². The summed E-state index contributed by atoms with van der Waals surface area (Å²) in [6, 6.07) is 8.89. The molecule has 2 rings (SSSR count). The highest BCUT2D eigenvalue weighted by atomic mass is 16.7. The van der Waals surface area contributed by atoms with Crippen molar-refractivity contribution < 1.29 is 29.0 Å². The van der Waals surface area contributed by atoms with Gasteiger partial charge in [-0.05, 0) is 44.9 Å². The minimum atomic E-state index is -0.983. The summed E-state index contributed by atoms with van der Waals surface area (Å²) in [6.45, 7) is 6.83. The van der Waals surface area contributed by atoms with Crippen LogP contribution < -0.4 is 10.6 Å². The van der Waals surface area contributed by atoms with Crippen molar-refractivity contribution in [1.82, 2.24) is 10.6 Å². The minimum Gasteiger partial charge on any atom is -0.481 e. The van der Waals surface area contributed by atoms with E-state index in [2.05, 4.69) is 29.7 Å². The molecule has 0 radical (unpaired) electrons. The summed E-state index contributed by atoms with van der Waals surface area (Å²) in [7, 11) is 0. The molecule has 8 heteroatoms. The Morgan fingerprint density at radius 2 is 1.53 bits per heavy atom. The molecule has 3 N–H and O–H groups in total. The molecule has 3 unspecified atom stereocenters. The van der Waals surface area contributed by atoms with E-state index < -0.39 is 29.8 Å². The van der Waals surface area contributed by atoms with Gasteiger partial charge < -0.3 is 25.2 Å². The summed E-state index contributed by atoms with van der Waals surface area (Å²) in [5.74, 6) is -1.30. The number of benzene rings is 1. The molecule has 1 saturated heterocycles. The van der Waals surface area contributed by atoms with Gasteiger partial charge in [0.25, 0.3) is 0 Å². The predicted molar refractivity (Wildman–Crippen MR) is 180 cm³/mol. The third kappa shape index (κ3) is 17.0. The van der Waals surface area contributed by atoms with Crippen LogP contribution in [0.3, 0.4) is 0 Å². The maximum atomic E-state index is 13.3. The molecule has 1 aromatic carbocycles. The Hall–Kier alpha value is -2.71. The van der Waals surface area contributed by atoms with Crippen molar-refractivity contribution in [3.05, 3.63) is 48.0 Å². The monoisotopic (exact) mass is 628 g/mol. The molecular weight excluding hydrogens is 568 g/mol. The lowest BCUT2D eigenvalue weighted by Gasteiger charge is -2.41.